The molecule has 0 bridgehead atoms. The topological polar surface area (TPSA) is 130 Å². The third kappa shape index (κ3) is 7.58. The van der Waals surface area contributed by atoms with Crippen molar-refractivity contribution in [3.05, 3.63) is 56.8 Å². The number of hydrogen-bond acceptors (Lipinski definition) is 7. The zero-order chi connectivity index (χ0) is 21.6. The number of nitrogens with one attached hydrogen (secondary N) is 2. The van der Waals surface area contributed by atoms with Crippen LogP contribution >= 0.6 is 0 Å². The minimum Gasteiger partial charge on any atom is -0.504 e. The Morgan fingerprint density at radius 2 is 1.97 bits per heavy atom. The number of imidazole rings is 1. The summed E-state index contributed by atoms with van der Waals surface area (Å²) in [6, 6.07) is -0.232. The van der Waals surface area contributed by atoms with Crippen LogP contribution in [-0.2, 0) is 5.41 Å². The Morgan fingerprint density at radius 1 is 1.27 bits per heavy atom. The zero-order valence-corrected chi connectivity index (χ0v) is 21.1. The predicted octanol–water partition coefficient (Wildman–Crippen LogP) is -0.434. The summed E-state index contributed by atoms with van der Waals surface area (Å²) in [5, 5.41) is 11.9. The molecule has 3 aromatic heterocycles. The SMILES string of the molecule is [CH2-]CCC([CH2-])NC(=O)c1ncncc1O.[CH2-]c1nc2nc(C(C)(C)C)ncc2[nH]1.[K+]. The van der Waals surface area contributed by atoms with E-state index in [-0.39, 0.29) is 74.3 Å². The van der Waals surface area contributed by atoms with Crippen LogP contribution in [0, 0.1) is 20.8 Å². The first-order valence-electron chi connectivity index (χ1n) is 9.09. The Labute approximate surface area is 219 Å². The van der Waals surface area contributed by atoms with Crippen LogP contribution in [-0.4, -0.2) is 47.0 Å². The first-order valence-corrected chi connectivity index (χ1v) is 9.09. The molecule has 3 N–H and O–H groups in total. The van der Waals surface area contributed by atoms with E-state index in [1.807, 2.05) is 0 Å². The number of carbonyl (C=O) groups excluding carboxylic acids is 1. The number of amides is 1. The average molecular weight is 436 g/mol. The van der Waals surface area contributed by atoms with Crippen molar-refractivity contribution >= 4 is 17.1 Å². The number of hydrogen-bond donors (Lipinski definition) is 3. The Kier molecular flexibility index (Phi) is 10.3. The monoisotopic (exact) mass is 435 g/mol. The van der Waals surface area contributed by atoms with Gasteiger partial charge in [-0.3, -0.25) is 4.79 Å². The number of carbonyl (C=O) groups is 1. The molecule has 0 aromatic carbocycles. The largest absolute Gasteiger partial charge is 1.00 e. The Bertz CT molecular complexity index is 969. The molecule has 0 fully saturated rings. The van der Waals surface area contributed by atoms with E-state index >= 15 is 0 Å². The van der Waals surface area contributed by atoms with Gasteiger partial charge in [-0.25, -0.2) is 24.9 Å². The second-order valence-corrected chi connectivity index (χ2v) is 7.43. The summed E-state index contributed by atoms with van der Waals surface area (Å²) in [6.45, 7) is 17.3. The molecule has 10 heteroatoms. The summed E-state index contributed by atoms with van der Waals surface area (Å²) in [6.07, 6.45) is 5.49. The van der Waals surface area contributed by atoms with Crippen LogP contribution in [0.15, 0.2) is 18.7 Å². The van der Waals surface area contributed by atoms with Crippen LogP contribution in [0.25, 0.3) is 11.2 Å². The van der Waals surface area contributed by atoms with Gasteiger partial charge in [0, 0.05) is 5.41 Å². The number of aromatic amines is 1. The van der Waals surface area contributed by atoms with E-state index in [1.54, 1.807) is 6.20 Å². The van der Waals surface area contributed by atoms with Gasteiger partial charge in [-0.15, -0.1) is 0 Å². The molecule has 3 heterocycles. The third-order valence-electron chi connectivity index (χ3n) is 3.76. The van der Waals surface area contributed by atoms with Crippen molar-refractivity contribution in [1.29, 1.82) is 0 Å². The van der Waals surface area contributed by atoms with Crippen LogP contribution in [0.2, 0.25) is 0 Å². The molecule has 1 atom stereocenters. The van der Waals surface area contributed by atoms with E-state index in [0.29, 0.717) is 24.3 Å². The van der Waals surface area contributed by atoms with E-state index in [1.165, 1.54) is 12.5 Å². The Balaban J connectivity index is 0.000000291. The summed E-state index contributed by atoms with van der Waals surface area (Å²) >= 11 is 0. The summed E-state index contributed by atoms with van der Waals surface area (Å²) in [5.74, 6) is 0.733. The molecule has 0 aliphatic carbocycles. The number of H-pyrrole nitrogens is 1. The van der Waals surface area contributed by atoms with Crippen molar-refractivity contribution in [2.45, 2.75) is 45.1 Å². The minimum absolute atomic E-state index is 0. The number of aromatic nitrogens is 6. The van der Waals surface area contributed by atoms with E-state index in [2.05, 4.69) is 76.8 Å². The van der Waals surface area contributed by atoms with Crippen LogP contribution in [0.4, 0.5) is 0 Å². The van der Waals surface area contributed by atoms with Crippen molar-refractivity contribution in [1.82, 2.24) is 35.2 Å². The van der Waals surface area contributed by atoms with Crippen LogP contribution in [0.5, 0.6) is 5.75 Å². The molecule has 1 amide bonds. The summed E-state index contributed by atoms with van der Waals surface area (Å²) < 4.78 is 0. The third-order valence-corrected chi connectivity index (χ3v) is 3.76. The van der Waals surface area contributed by atoms with Crippen LogP contribution in [0.3, 0.4) is 0 Å². The second-order valence-electron chi connectivity index (χ2n) is 7.43. The summed E-state index contributed by atoms with van der Waals surface area (Å²) in [7, 11) is 0. The maximum Gasteiger partial charge on any atom is 1.00 e. The smallest absolute Gasteiger partial charge is 0.504 e. The van der Waals surface area contributed by atoms with Crippen LogP contribution in [0.1, 0.15) is 55.8 Å². The molecular formula is C20H26KN7O2-2. The molecule has 9 nitrogen and oxygen atoms in total. The van der Waals surface area contributed by atoms with Gasteiger partial charge in [0.2, 0.25) is 0 Å². The van der Waals surface area contributed by atoms with Gasteiger partial charge < -0.3 is 36.2 Å². The fourth-order valence-electron chi connectivity index (χ4n) is 2.29. The predicted molar refractivity (Wildman–Crippen MR) is 110 cm³/mol. The van der Waals surface area contributed by atoms with Gasteiger partial charge in [-0.05, 0) is 5.82 Å². The van der Waals surface area contributed by atoms with Crippen LogP contribution < -0.4 is 56.7 Å². The molecule has 156 valence electrons. The fourth-order valence-corrected chi connectivity index (χ4v) is 2.29. The Morgan fingerprint density at radius 3 is 2.57 bits per heavy atom. The van der Waals surface area contributed by atoms with Crippen molar-refractivity contribution in [2.75, 3.05) is 0 Å². The molecule has 0 spiro atoms. The molecular weight excluding hydrogens is 409 g/mol. The van der Waals surface area contributed by atoms with E-state index in [9.17, 15) is 9.90 Å². The maximum absolute atomic E-state index is 11.5. The number of rotatable bonds is 4. The van der Waals surface area contributed by atoms with Gasteiger partial charge >= 0.3 is 51.4 Å². The molecule has 0 aliphatic heterocycles. The molecule has 0 saturated heterocycles. The fraction of sp³-hybridized carbons (Fsp3) is 0.350. The van der Waals surface area contributed by atoms with E-state index in [4.69, 9.17) is 0 Å². The summed E-state index contributed by atoms with van der Waals surface area (Å²) in [4.78, 5) is 34.6. The first-order chi connectivity index (χ1) is 13.6. The zero-order valence-electron chi connectivity index (χ0n) is 17.9. The molecule has 3 aromatic rings. The summed E-state index contributed by atoms with van der Waals surface area (Å²) in [5.41, 5.74) is 1.44. The molecule has 0 saturated carbocycles. The maximum atomic E-state index is 11.5. The number of nitrogens with zero attached hydrogens (tertiary/aromatic N) is 5. The second kappa shape index (κ2) is 11.7. The van der Waals surface area contributed by atoms with E-state index < -0.39 is 5.91 Å². The van der Waals surface area contributed by atoms with Gasteiger partial charge in [-0.1, -0.05) is 33.2 Å². The molecule has 3 rings (SSSR count). The number of aromatic hydroxyl groups is 1. The van der Waals surface area contributed by atoms with E-state index in [0.717, 1.165) is 11.3 Å². The molecule has 30 heavy (non-hydrogen) atoms. The molecule has 0 radical (unpaired) electrons. The molecule has 1 unspecified atom stereocenters. The van der Waals surface area contributed by atoms with Gasteiger partial charge in [0.05, 0.1) is 12.4 Å². The minimum atomic E-state index is -0.455. The van der Waals surface area contributed by atoms with Gasteiger partial charge in [0.15, 0.2) is 17.1 Å². The normalized spacial score (nSPS) is 11.8. The Hall–Kier alpha value is -1.59. The quantitative estimate of drug-likeness (QED) is 0.374. The van der Waals surface area contributed by atoms with Crippen molar-refractivity contribution in [3.8, 4) is 5.75 Å². The van der Waals surface area contributed by atoms with Crippen molar-refractivity contribution < 1.29 is 61.3 Å². The molecule has 0 aliphatic rings. The van der Waals surface area contributed by atoms with Gasteiger partial charge in [-0.2, -0.15) is 6.42 Å². The first kappa shape index (κ1) is 26.4. The average Bonchev–Trinajstić information content (AvgIpc) is 3.01. The van der Waals surface area contributed by atoms with Crippen molar-refractivity contribution in [3.63, 3.8) is 0 Å². The van der Waals surface area contributed by atoms with Crippen molar-refractivity contribution in [2.24, 2.45) is 0 Å². The van der Waals surface area contributed by atoms with Gasteiger partial charge in [0.25, 0.3) is 5.91 Å². The standard InChI is InChI=1S/C10H13N4.C10H13N3O2.K/c1-6-12-7-5-11-9(10(2,3)4)14-8(7)13-6;1-3-4-7(2)13-10(15)9-8(14)5-11-6-12-9;/h5H,1H2,2-4H3,(H,11,12,13,14);5-7,14H,1-4H2,(H,13,15);/q-1;-2;+1. The number of fused-ring (bicyclic) bond motifs is 1. The van der Waals surface area contributed by atoms with Gasteiger partial charge in [0.1, 0.15) is 17.7 Å².